The van der Waals surface area contributed by atoms with Gasteiger partial charge in [0.05, 0.1) is 23.9 Å². The number of benzene rings is 1. The highest BCUT2D eigenvalue weighted by Gasteiger charge is 2.48. The van der Waals surface area contributed by atoms with E-state index < -0.39 is 12.1 Å². The molecule has 4 rings (SSSR count). The Labute approximate surface area is 183 Å². The first-order chi connectivity index (χ1) is 14.7. The summed E-state index contributed by atoms with van der Waals surface area (Å²) in [7, 11) is 0. The molecule has 7 nitrogen and oxygen atoms in total. The SMILES string of the molecule is CCN1C(=O)N[C@@H](c2ccc(C)cc2C)C2=C1CN([C@@H](C(=O)NC1CC1)C(C)C)C2=O. The first-order valence-corrected chi connectivity index (χ1v) is 11.2. The number of carbonyl (C=O) groups is 3. The van der Waals surface area contributed by atoms with Crippen molar-refractivity contribution in [2.24, 2.45) is 5.92 Å². The fraction of sp³-hybridized carbons (Fsp3) is 0.542. The van der Waals surface area contributed by atoms with E-state index in [4.69, 9.17) is 0 Å². The van der Waals surface area contributed by atoms with Crippen molar-refractivity contribution in [2.45, 2.75) is 65.6 Å². The Hall–Kier alpha value is -2.83. The first-order valence-electron chi connectivity index (χ1n) is 11.2. The predicted molar refractivity (Wildman–Crippen MR) is 118 cm³/mol. The largest absolute Gasteiger partial charge is 0.352 e. The Bertz CT molecular complexity index is 964. The van der Waals surface area contributed by atoms with Gasteiger partial charge in [-0.3, -0.25) is 14.5 Å². The third-order valence-electron chi connectivity index (χ3n) is 6.46. The maximum Gasteiger partial charge on any atom is 0.322 e. The zero-order valence-electron chi connectivity index (χ0n) is 19.0. The number of nitrogens with zero attached hydrogens (tertiary/aromatic N) is 2. The summed E-state index contributed by atoms with van der Waals surface area (Å²) >= 11 is 0. The normalized spacial score (nSPS) is 22.1. The number of carbonyl (C=O) groups excluding carboxylic acids is 3. The average Bonchev–Trinajstić information content (AvgIpc) is 3.44. The molecule has 7 heteroatoms. The van der Waals surface area contributed by atoms with Crippen LogP contribution in [0.5, 0.6) is 0 Å². The molecule has 2 atom stereocenters. The standard InChI is InChI=1S/C24H32N4O3/c1-6-27-18-12-28(21(13(2)3)22(29)25-16-8-9-16)23(30)19(18)20(26-24(27)31)17-10-7-14(4)11-15(17)5/h7,10-11,13,16,20-21H,6,8-9,12H2,1-5H3,(H,25,29)(H,26,31)/t20-,21+/m0/s1. The molecular formula is C24H32N4O3. The summed E-state index contributed by atoms with van der Waals surface area (Å²) in [5.74, 6) is -0.304. The molecule has 0 saturated heterocycles. The van der Waals surface area contributed by atoms with Gasteiger partial charge in [0.2, 0.25) is 5.91 Å². The molecule has 2 aliphatic heterocycles. The van der Waals surface area contributed by atoms with Crippen LogP contribution in [0.15, 0.2) is 29.5 Å². The summed E-state index contributed by atoms with van der Waals surface area (Å²) in [6.07, 6.45) is 1.99. The van der Waals surface area contributed by atoms with E-state index in [-0.39, 0.29) is 36.3 Å². The number of hydrogen-bond acceptors (Lipinski definition) is 3. The van der Waals surface area contributed by atoms with Crippen molar-refractivity contribution < 1.29 is 14.4 Å². The number of urea groups is 1. The molecule has 1 saturated carbocycles. The smallest absolute Gasteiger partial charge is 0.322 e. The number of hydrogen-bond donors (Lipinski definition) is 2. The molecule has 31 heavy (non-hydrogen) atoms. The fourth-order valence-corrected chi connectivity index (χ4v) is 4.77. The second-order valence-corrected chi connectivity index (χ2v) is 9.25. The van der Waals surface area contributed by atoms with E-state index in [1.54, 1.807) is 9.80 Å². The van der Waals surface area contributed by atoms with Crippen LogP contribution in [0.1, 0.15) is 56.3 Å². The van der Waals surface area contributed by atoms with E-state index in [2.05, 4.69) is 16.7 Å². The van der Waals surface area contributed by atoms with Gasteiger partial charge in [-0.25, -0.2) is 4.79 Å². The van der Waals surface area contributed by atoms with Crippen LogP contribution >= 0.6 is 0 Å². The van der Waals surface area contributed by atoms with E-state index in [9.17, 15) is 14.4 Å². The van der Waals surface area contributed by atoms with Crippen molar-refractivity contribution in [1.82, 2.24) is 20.4 Å². The third kappa shape index (κ3) is 3.82. The fourth-order valence-electron chi connectivity index (χ4n) is 4.77. The lowest BCUT2D eigenvalue weighted by Crippen LogP contribution is -2.51. The molecule has 1 aliphatic carbocycles. The van der Waals surface area contributed by atoms with Gasteiger partial charge in [-0.1, -0.05) is 37.6 Å². The van der Waals surface area contributed by atoms with E-state index in [1.165, 1.54) is 0 Å². The van der Waals surface area contributed by atoms with Crippen LogP contribution in [0.25, 0.3) is 0 Å². The van der Waals surface area contributed by atoms with Crippen LogP contribution in [0.4, 0.5) is 4.79 Å². The van der Waals surface area contributed by atoms with Gasteiger partial charge < -0.3 is 15.5 Å². The minimum absolute atomic E-state index is 0.0395. The molecule has 0 aromatic heterocycles. The second kappa shape index (κ2) is 8.02. The zero-order valence-corrected chi connectivity index (χ0v) is 19.0. The van der Waals surface area contributed by atoms with Crippen molar-refractivity contribution in [2.75, 3.05) is 13.1 Å². The quantitative estimate of drug-likeness (QED) is 0.737. The van der Waals surface area contributed by atoms with E-state index in [0.717, 1.165) is 29.5 Å². The monoisotopic (exact) mass is 424 g/mol. The molecule has 3 aliphatic rings. The number of nitrogens with one attached hydrogen (secondary N) is 2. The molecule has 4 amide bonds. The molecule has 166 valence electrons. The Morgan fingerprint density at radius 3 is 2.52 bits per heavy atom. The maximum atomic E-state index is 13.7. The topological polar surface area (TPSA) is 81.8 Å². The summed E-state index contributed by atoms with van der Waals surface area (Å²) in [6.45, 7) is 10.6. The second-order valence-electron chi connectivity index (χ2n) is 9.25. The van der Waals surface area contributed by atoms with Crippen LogP contribution in [-0.2, 0) is 9.59 Å². The molecular weight excluding hydrogens is 392 g/mol. The van der Waals surface area contributed by atoms with Crippen molar-refractivity contribution >= 4 is 17.8 Å². The van der Waals surface area contributed by atoms with Crippen molar-refractivity contribution in [3.8, 4) is 0 Å². The predicted octanol–water partition coefficient (Wildman–Crippen LogP) is 2.79. The highest BCUT2D eigenvalue weighted by atomic mass is 16.2. The van der Waals surface area contributed by atoms with Gasteiger partial charge in [0.15, 0.2) is 0 Å². The summed E-state index contributed by atoms with van der Waals surface area (Å²) in [5, 5.41) is 6.10. The van der Waals surface area contributed by atoms with Crippen LogP contribution in [0.2, 0.25) is 0 Å². The number of rotatable bonds is 6. The van der Waals surface area contributed by atoms with E-state index >= 15 is 0 Å². The van der Waals surface area contributed by atoms with Gasteiger partial charge in [-0.2, -0.15) is 0 Å². The van der Waals surface area contributed by atoms with Gasteiger partial charge in [0.1, 0.15) is 6.04 Å². The van der Waals surface area contributed by atoms with Gasteiger partial charge >= 0.3 is 6.03 Å². The molecule has 2 heterocycles. The van der Waals surface area contributed by atoms with Crippen LogP contribution in [0.3, 0.4) is 0 Å². The molecule has 0 bridgehead atoms. The summed E-state index contributed by atoms with van der Waals surface area (Å²) in [4.78, 5) is 42.9. The minimum atomic E-state index is -0.563. The van der Waals surface area contributed by atoms with Crippen LogP contribution in [-0.4, -0.2) is 52.8 Å². The first kappa shape index (κ1) is 21.4. The summed E-state index contributed by atoms with van der Waals surface area (Å²) < 4.78 is 0. The molecule has 0 radical (unpaired) electrons. The van der Waals surface area contributed by atoms with Gasteiger partial charge in [0.25, 0.3) is 5.91 Å². The lowest BCUT2D eigenvalue weighted by Gasteiger charge is -2.33. The van der Waals surface area contributed by atoms with Crippen LogP contribution < -0.4 is 10.6 Å². The van der Waals surface area contributed by atoms with Crippen LogP contribution in [0, 0.1) is 19.8 Å². The average molecular weight is 425 g/mol. The zero-order chi connectivity index (χ0) is 22.4. The van der Waals surface area contributed by atoms with Gasteiger partial charge in [-0.15, -0.1) is 0 Å². The Morgan fingerprint density at radius 1 is 1.23 bits per heavy atom. The molecule has 0 spiro atoms. The molecule has 1 aromatic rings. The molecule has 1 aromatic carbocycles. The maximum absolute atomic E-state index is 13.7. The Kier molecular flexibility index (Phi) is 5.54. The lowest BCUT2D eigenvalue weighted by molar-refractivity contribution is -0.138. The van der Waals surface area contributed by atoms with Gasteiger partial charge in [-0.05, 0) is 50.7 Å². The van der Waals surface area contributed by atoms with Crippen molar-refractivity contribution in [1.29, 1.82) is 0 Å². The summed E-state index contributed by atoms with van der Waals surface area (Å²) in [6, 6.07) is 4.99. The molecule has 2 N–H and O–H groups in total. The Morgan fingerprint density at radius 2 is 1.94 bits per heavy atom. The Balaban J connectivity index is 1.72. The van der Waals surface area contributed by atoms with E-state index in [1.807, 2.05) is 46.8 Å². The highest BCUT2D eigenvalue weighted by molar-refractivity contribution is 6.03. The number of likely N-dealkylation sites (N-methyl/N-ethyl adjacent to an activating group) is 1. The number of aryl methyl sites for hydroxylation is 2. The molecule has 0 unspecified atom stereocenters. The lowest BCUT2D eigenvalue weighted by atomic mass is 9.91. The van der Waals surface area contributed by atoms with Crippen molar-refractivity contribution in [3.05, 3.63) is 46.2 Å². The molecule has 1 fully saturated rings. The van der Waals surface area contributed by atoms with Crippen molar-refractivity contribution in [3.63, 3.8) is 0 Å². The van der Waals surface area contributed by atoms with E-state index in [0.29, 0.717) is 17.8 Å². The number of amides is 4. The highest BCUT2D eigenvalue weighted by Crippen LogP contribution is 2.39. The third-order valence-corrected chi connectivity index (χ3v) is 6.46. The summed E-state index contributed by atoms with van der Waals surface area (Å²) in [5.41, 5.74) is 4.37. The van der Waals surface area contributed by atoms with Gasteiger partial charge in [0, 0.05) is 12.6 Å². The minimum Gasteiger partial charge on any atom is -0.352 e.